The van der Waals surface area contributed by atoms with Crippen LogP contribution in [0, 0.1) is 0 Å². The van der Waals surface area contributed by atoms with Crippen molar-refractivity contribution in [3.8, 4) is 0 Å². The maximum atomic E-state index is 11.5. The van der Waals surface area contributed by atoms with E-state index >= 15 is 0 Å². The molecule has 8 N–H and O–H groups in total. The van der Waals surface area contributed by atoms with Crippen molar-refractivity contribution < 1.29 is 19.5 Å². The summed E-state index contributed by atoms with van der Waals surface area (Å²) in [5.74, 6) is -2.24. The maximum absolute atomic E-state index is 11.5. The zero-order valence-corrected chi connectivity index (χ0v) is 10.8. The third-order valence-electron chi connectivity index (χ3n) is 2.63. The van der Waals surface area contributed by atoms with Gasteiger partial charge in [0, 0.05) is 6.42 Å². The number of carbonyl (C=O) groups excluding carboxylic acids is 2. The molecule has 0 saturated carbocycles. The Morgan fingerprint density at radius 2 is 1.79 bits per heavy atom. The van der Waals surface area contributed by atoms with E-state index in [1.807, 2.05) is 0 Å². The lowest BCUT2D eigenvalue weighted by atomic mass is 10.1. The molecule has 0 aromatic heterocycles. The van der Waals surface area contributed by atoms with Crippen LogP contribution in [0.15, 0.2) is 0 Å². The third kappa shape index (κ3) is 8.11. The van der Waals surface area contributed by atoms with Crippen LogP contribution in [0.3, 0.4) is 0 Å². The highest BCUT2D eigenvalue weighted by atomic mass is 16.4. The number of hydrogen-bond acceptors (Lipinski definition) is 5. The topological polar surface area (TPSA) is 162 Å². The van der Waals surface area contributed by atoms with Gasteiger partial charge in [-0.15, -0.1) is 0 Å². The molecule has 0 heterocycles. The van der Waals surface area contributed by atoms with Crippen molar-refractivity contribution in [2.75, 3.05) is 6.54 Å². The molecule has 2 amide bonds. The van der Waals surface area contributed by atoms with Crippen LogP contribution in [0.1, 0.15) is 32.1 Å². The summed E-state index contributed by atoms with van der Waals surface area (Å²) in [6.07, 6.45) is 1.70. The average molecular weight is 274 g/mol. The van der Waals surface area contributed by atoms with E-state index in [-0.39, 0.29) is 12.8 Å². The van der Waals surface area contributed by atoms with Gasteiger partial charge >= 0.3 is 5.97 Å². The standard InChI is InChI=1S/C11H22N4O4/c12-6-2-1-3-8(11(18)19)15-9(16)5-4-7(13)10(14)17/h7-8H,1-6,12-13H2,(H2,14,17)(H,15,16)(H,18,19)/t7-,8-/m0/s1. The molecule has 0 radical (unpaired) electrons. The minimum absolute atomic E-state index is 0.0369. The molecule has 0 aliphatic rings. The molecular formula is C11H22N4O4. The quantitative estimate of drug-likeness (QED) is 0.297. The molecule has 8 heteroatoms. The zero-order valence-electron chi connectivity index (χ0n) is 10.8. The number of rotatable bonds is 10. The Bertz CT molecular complexity index is 322. The second-order valence-electron chi connectivity index (χ2n) is 4.29. The second kappa shape index (κ2) is 9.29. The van der Waals surface area contributed by atoms with Gasteiger partial charge in [0.1, 0.15) is 6.04 Å². The number of carboxylic acids is 1. The van der Waals surface area contributed by atoms with Crippen LogP contribution >= 0.6 is 0 Å². The number of amides is 2. The molecule has 0 aliphatic heterocycles. The SMILES string of the molecule is NCCCC[C@H](NC(=O)CC[C@H](N)C(N)=O)C(=O)O. The number of hydrogen-bond donors (Lipinski definition) is 5. The fourth-order valence-electron chi connectivity index (χ4n) is 1.45. The van der Waals surface area contributed by atoms with Gasteiger partial charge in [0.25, 0.3) is 0 Å². The monoisotopic (exact) mass is 274 g/mol. The van der Waals surface area contributed by atoms with Crippen molar-refractivity contribution in [3.63, 3.8) is 0 Å². The average Bonchev–Trinajstić information content (AvgIpc) is 2.34. The van der Waals surface area contributed by atoms with E-state index in [9.17, 15) is 14.4 Å². The Balaban J connectivity index is 4.09. The van der Waals surface area contributed by atoms with Gasteiger partial charge in [0.2, 0.25) is 11.8 Å². The van der Waals surface area contributed by atoms with Crippen LogP contribution in [-0.2, 0) is 14.4 Å². The smallest absolute Gasteiger partial charge is 0.326 e. The number of aliphatic carboxylic acids is 1. The molecule has 110 valence electrons. The van der Waals surface area contributed by atoms with Crippen LogP contribution in [0.4, 0.5) is 0 Å². The number of nitrogens with two attached hydrogens (primary N) is 3. The molecule has 0 spiro atoms. The second-order valence-corrected chi connectivity index (χ2v) is 4.29. The highest BCUT2D eigenvalue weighted by Gasteiger charge is 2.20. The number of carbonyl (C=O) groups is 3. The zero-order chi connectivity index (χ0) is 14.8. The Hall–Kier alpha value is -1.67. The van der Waals surface area contributed by atoms with E-state index in [1.54, 1.807) is 0 Å². The van der Waals surface area contributed by atoms with Gasteiger partial charge in [-0.25, -0.2) is 4.79 Å². The summed E-state index contributed by atoms with van der Waals surface area (Å²) in [6.45, 7) is 0.480. The van der Waals surface area contributed by atoms with Crippen molar-refractivity contribution >= 4 is 17.8 Å². The Labute approximate surface area is 111 Å². The van der Waals surface area contributed by atoms with E-state index in [4.69, 9.17) is 22.3 Å². The van der Waals surface area contributed by atoms with Crippen molar-refractivity contribution in [2.24, 2.45) is 17.2 Å². The van der Waals surface area contributed by atoms with Crippen molar-refractivity contribution in [2.45, 2.75) is 44.2 Å². The number of unbranched alkanes of at least 4 members (excludes halogenated alkanes) is 1. The number of carboxylic acid groups (broad SMARTS) is 1. The van der Waals surface area contributed by atoms with Gasteiger partial charge in [-0.05, 0) is 32.2 Å². The Kier molecular flexibility index (Phi) is 8.47. The Morgan fingerprint density at radius 1 is 1.16 bits per heavy atom. The van der Waals surface area contributed by atoms with Crippen molar-refractivity contribution in [1.29, 1.82) is 0 Å². The first kappa shape index (κ1) is 17.3. The molecule has 19 heavy (non-hydrogen) atoms. The summed E-state index contributed by atoms with van der Waals surface area (Å²) in [5, 5.41) is 11.3. The molecule has 0 fully saturated rings. The minimum Gasteiger partial charge on any atom is -0.480 e. The fourth-order valence-corrected chi connectivity index (χ4v) is 1.45. The molecule has 0 aliphatic carbocycles. The minimum atomic E-state index is -1.09. The molecule has 0 unspecified atom stereocenters. The van der Waals surface area contributed by atoms with E-state index in [0.717, 1.165) is 0 Å². The van der Waals surface area contributed by atoms with Gasteiger partial charge < -0.3 is 27.6 Å². The summed E-state index contributed by atoms with van der Waals surface area (Å²) in [4.78, 5) is 33.1. The van der Waals surface area contributed by atoms with E-state index in [0.29, 0.717) is 25.8 Å². The summed E-state index contributed by atoms with van der Waals surface area (Å²) < 4.78 is 0. The van der Waals surface area contributed by atoms with E-state index in [1.165, 1.54) is 0 Å². The lowest BCUT2D eigenvalue weighted by molar-refractivity contribution is -0.142. The van der Waals surface area contributed by atoms with Crippen LogP contribution in [0.2, 0.25) is 0 Å². The summed E-state index contributed by atoms with van der Waals surface area (Å²) in [5.41, 5.74) is 15.6. The van der Waals surface area contributed by atoms with E-state index < -0.39 is 29.9 Å². The normalized spacial score (nSPS) is 13.6. The van der Waals surface area contributed by atoms with Crippen LogP contribution < -0.4 is 22.5 Å². The summed E-state index contributed by atoms with van der Waals surface area (Å²) >= 11 is 0. The van der Waals surface area contributed by atoms with Crippen LogP contribution in [0.25, 0.3) is 0 Å². The maximum Gasteiger partial charge on any atom is 0.326 e. The Morgan fingerprint density at radius 3 is 2.26 bits per heavy atom. The van der Waals surface area contributed by atoms with Gasteiger partial charge in [-0.1, -0.05) is 0 Å². The van der Waals surface area contributed by atoms with Gasteiger partial charge in [0.05, 0.1) is 6.04 Å². The highest BCUT2D eigenvalue weighted by molar-refractivity contribution is 5.84. The van der Waals surface area contributed by atoms with Crippen LogP contribution in [-0.4, -0.2) is 41.5 Å². The predicted octanol–water partition coefficient (Wildman–Crippen LogP) is -1.72. The summed E-state index contributed by atoms with van der Waals surface area (Å²) in [6, 6.07) is -1.84. The molecular weight excluding hydrogens is 252 g/mol. The third-order valence-corrected chi connectivity index (χ3v) is 2.63. The molecule has 2 atom stereocenters. The van der Waals surface area contributed by atoms with Crippen molar-refractivity contribution in [3.05, 3.63) is 0 Å². The first-order valence-electron chi connectivity index (χ1n) is 6.15. The largest absolute Gasteiger partial charge is 0.480 e. The number of primary amides is 1. The summed E-state index contributed by atoms with van der Waals surface area (Å²) in [7, 11) is 0. The molecule has 8 nitrogen and oxygen atoms in total. The highest BCUT2D eigenvalue weighted by Crippen LogP contribution is 2.02. The molecule has 0 aromatic carbocycles. The van der Waals surface area contributed by atoms with Gasteiger partial charge in [-0.3, -0.25) is 9.59 Å². The molecule has 0 aromatic rings. The van der Waals surface area contributed by atoms with Crippen molar-refractivity contribution in [1.82, 2.24) is 5.32 Å². The fraction of sp³-hybridized carbons (Fsp3) is 0.727. The molecule has 0 rings (SSSR count). The van der Waals surface area contributed by atoms with Crippen LogP contribution in [0.5, 0.6) is 0 Å². The first-order valence-corrected chi connectivity index (χ1v) is 6.15. The van der Waals surface area contributed by atoms with Gasteiger partial charge in [0.15, 0.2) is 0 Å². The lowest BCUT2D eigenvalue weighted by Gasteiger charge is -2.15. The molecule has 0 saturated heterocycles. The molecule has 0 bridgehead atoms. The lowest BCUT2D eigenvalue weighted by Crippen LogP contribution is -2.42. The predicted molar refractivity (Wildman–Crippen MR) is 68.9 cm³/mol. The van der Waals surface area contributed by atoms with E-state index in [2.05, 4.69) is 5.32 Å². The number of nitrogens with one attached hydrogen (secondary N) is 1. The first-order chi connectivity index (χ1) is 8.88. The van der Waals surface area contributed by atoms with Gasteiger partial charge in [-0.2, -0.15) is 0 Å².